The van der Waals surface area contributed by atoms with Gasteiger partial charge in [0.1, 0.15) is 5.69 Å². The van der Waals surface area contributed by atoms with Gasteiger partial charge in [-0.1, -0.05) is 6.07 Å². The average Bonchev–Trinajstić information content (AvgIpc) is 3.03. The summed E-state index contributed by atoms with van der Waals surface area (Å²) in [5.41, 5.74) is 0.427. The van der Waals surface area contributed by atoms with E-state index in [0.717, 1.165) is 25.9 Å². The van der Waals surface area contributed by atoms with Gasteiger partial charge in [-0.2, -0.15) is 5.10 Å². The highest BCUT2D eigenvalue weighted by Gasteiger charge is 2.17. The number of amides is 1. The second kappa shape index (κ2) is 8.73. The minimum atomic E-state index is -0.120. The van der Waals surface area contributed by atoms with Crippen molar-refractivity contribution in [1.29, 1.82) is 0 Å². The van der Waals surface area contributed by atoms with Crippen molar-refractivity contribution in [3.05, 3.63) is 42.4 Å². The monoisotopic (exact) mass is 343 g/mol. The molecule has 22 heavy (non-hydrogen) atoms. The van der Waals surface area contributed by atoms with Gasteiger partial charge < -0.3 is 10.6 Å². The third kappa shape index (κ3) is 4.43. The van der Waals surface area contributed by atoms with E-state index in [0.29, 0.717) is 11.5 Å². The van der Waals surface area contributed by atoms with Crippen LogP contribution in [0.3, 0.4) is 0 Å². The van der Waals surface area contributed by atoms with Gasteiger partial charge in [-0.3, -0.25) is 4.79 Å². The molecule has 0 saturated carbocycles. The molecule has 0 atom stereocenters. The molecular formula is C14H19Cl2N5O. The molecule has 1 amide bonds. The normalized spacial score (nSPS) is 14.5. The van der Waals surface area contributed by atoms with E-state index < -0.39 is 0 Å². The predicted octanol–water partition coefficient (Wildman–Crippen LogP) is 1.59. The van der Waals surface area contributed by atoms with Gasteiger partial charge in [0.05, 0.1) is 0 Å². The molecule has 0 bridgehead atoms. The highest BCUT2D eigenvalue weighted by atomic mass is 35.5. The lowest BCUT2D eigenvalue weighted by atomic mass is 10.1. The summed E-state index contributed by atoms with van der Waals surface area (Å²) in [6, 6.07) is 7.43. The van der Waals surface area contributed by atoms with Gasteiger partial charge >= 0.3 is 0 Å². The lowest BCUT2D eigenvalue weighted by Gasteiger charge is -2.23. The molecule has 8 heteroatoms. The first kappa shape index (κ1) is 18.4. The number of halogens is 2. The second-order valence-corrected chi connectivity index (χ2v) is 4.83. The molecule has 2 aromatic rings. The van der Waals surface area contributed by atoms with E-state index in [1.54, 1.807) is 23.1 Å². The molecule has 3 rings (SSSR count). The van der Waals surface area contributed by atoms with Crippen LogP contribution in [0.25, 0.3) is 5.82 Å². The molecule has 0 aromatic carbocycles. The maximum Gasteiger partial charge on any atom is 0.270 e. The van der Waals surface area contributed by atoms with Crippen LogP contribution in [-0.4, -0.2) is 39.8 Å². The van der Waals surface area contributed by atoms with Crippen molar-refractivity contribution in [2.24, 2.45) is 0 Å². The molecule has 1 fully saturated rings. The Hall–Kier alpha value is -1.63. The van der Waals surface area contributed by atoms with Crippen LogP contribution in [0, 0.1) is 0 Å². The number of hydrogen-bond donors (Lipinski definition) is 2. The van der Waals surface area contributed by atoms with Crippen molar-refractivity contribution >= 4 is 30.7 Å². The molecule has 1 saturated heterocycles. The standard InChI is InChI=1S/C14H17N5O.2ClH/c20-14(17-11-5-8-15-9-6-11)12-3-1-4-13(18-12)19-10-2-7-16-19;;/h1-4,7,10-11,15H,5-6,8-9H2,(H,17,20);2*1H. The molecular weight excluding hydrogens is 325 g/mol. The largest absolute Gasteiger partial charge is 0.348 e. The van der Waals surface area contributed by atoms with Crippen molar-refractivity contribution in [1.82, 2.24) is 25.4 Å². The lowest BCUT2D eigenvalue weighted by Crippen LogP contribution is -2.42. The van der Waals surface area contributed by atoms with Crippen LogP contribution in [0.4, 0.5) is 0 Å². The van der Waals surface area contributed by atoms with Gasteiger partial charge in [-0.25, -0.2) is 9.67 Å². The number of carbonyl (C=O) groups excluding carboxylic acids is 1. The Labute approximate surface area is 141 Å². The predicted molar refractivity (Wildman–Crippen MR) is 89.2 cm³/mol. The van der Waals surface area contributed by atoms with Gasteiger partial charge in [0.25, 0.3) is 5.91 Å². The topological polar surface area (TPSA) is 71.8 Å². The quantitative estimate of drug-likeness (QED) is 0.887. The first-order valence-corrected chi connectivity index (χ1v) is 6.81. The SMILES string of the molecule is Cl.Cl.O=C(NC1CCNCC1)c1cccc(-n2cccn2)n1. The Morgan fingerprint density at radius 2 is 2.00 bits per heavy atom. The summed E-state index contributed by atoms with van der Waals surface area (Å²) in [6.07, 6.45) is 5.41. The second-order valence-electron chi connectivity index (χ2n) is 4.83. The molecule has 2 N–H and O–H groups in total. The fourth-order valence-corrected chi connectivity index (χ4v) is 2.31. The highest BCUT2D eigenvalue weighted by molar-refractivity contribution is 5.92. The van der Waals surface area contributed by atoms with Crippen molar-refractivity contribution in [2.45, 2.75) is 18.9 Å². The molecule has 0 spiro atoms. The van der Waals surface area contributed by atoms with Crippen LogP contribution in [0.2, 0.25) is 0 Å². The zero-order valence-electron chi connectivity index (χ0n) is 11.9. The number of nitrogens with zero attached hydrogens (tertiary/aromatic N) is 3. The van der Waals surface area contributed by atoms with Crippen LogP contribution in [0.5, 0.6) is 0 Å². The van der Waals surface area contributed by atoms with E-state index in [1.807, 2.05) is 18.2 Å². The number of rotatable bonds is 3. The maximum atomic E-state index is 12.2. The van der Waals surface area contributed by atoms with Crippen molar-refractivity contribution < 1.29 is 4.79 Å². The number of nitrogens with one attached hydrogen (secondary N) is 2. The summed E-state index contributed by atoms with van der Waals surface area (Å²) >= 11 is 0. The fraction of sp³-hybridized carbons (Fsp3) is 0.357. The minimum Gasteiger partial charge on any atom is -0.348 e. The molecule has 2 aromatic heterocycles. The van der Waals surface area contributed by atoms with Gasteiger partial charge in [-0.15, -0.1) is 24.8 Å². The first-order valence-electron chi connectivity index (χ1n) is 6.81. The van der Waals surface area contributed by atoms with Crippen LogP contribution >= 0.6 is 24.8 Å². The van der Waals surface area contributed by atoms with Crippen molar-refractivity contribution in [2.75, 3.05) is 13.1 Å². The van der Waals surface area contributed by atoms with E-state index in [2.05, 4.69) is 20.7 Å². The summed E-state index contributed by atoms with van der Waals surface area (Å²) < 4.78 is 1.64. The molecule has 6 nitrogen and oxygen atoms in total. The molecule has 0 unspecified atom stereocenters. The maximum absolute atomic E-state index is 12.2. The number of hydrogen-bond acceptors (Lipinski definition) is 4. The fourth-order valence-electron chi connectivity index (χ4n) is 2.31. The number of piperidine rings is 1. The molecule has 1 aliphatic rings. The zero-order valence-corrected chi connectivity index (χ0v) is 13.6. The summed E-state index contributed by atoms with van der Waals surface area (Å²) in [6.45, 7) is 1.90. The molecule has 1 aliphatic heterocycles. The zero-order chi connectivity index (χ0) is 13.8. The summed E-state index contributed by atoms with van der Waals surface area (Å²) in [7, 11) is 0. The van der Waals surface area contributed by atoms with Gasteiger partial charge in [-0.05, 0) is 44.1 Å². The van der Waals surface area contributed by atoms with Crippen LogP contribution < -0.4 is 10.6 Å². The third-order valence-electron chi connectivity index (χ3n) is 3.38. The van der Waals surface area contributed by atoms with Gasteiger partial charge in [0.2, 0.25) is 0 Å². The molecule has 3 heterocycles. The summed E-state index contributed by atoms with van der Waals surface area (Å²) in [4.78, 5) is 16.6. The average molecular weight is 344 g/mol. The van der Waals surface area contributed by atoms with E-state index >= 15 is 0 Å². The molecule has 0 aliphatic carbocycles. The summed E-state index contributed by atoms with van der Waals surface area (Å²) in [5, 5.41) is 10.4. The molecule has 0 radical (unpaired) electrons. The van der Waals surface area contributed by atoms with E-state index in [9.17, 15) is 4.79 Å². The van der Waals surface area contributed by atoms with Crippen LogP contribution in [-0.2, 0) is 0 Å². The minimum absolute atomic E-state index is 0. The number of carbonyl (C=O) groups is 1. The Bertz CT molecular complexity index is 585. The van der Waals surface area contributed by atoms with E-state index in [-0.39, 0.29) is 36.8 Å². The smallest absolute Gasteiger partial charge is 0.270 e. The Balaban J connectivity index is 0.00000121. The lowest BCUT2D eigenvalue weighted by molar-refractivity contribution is 0.0924. The van der Waals surface area contributed by atoms with E-state index in [1.165, 1.54) is 0 Å². The molecule has 120 valence electrons. The Kier molecular flexibility index (Phi) is 7.31. The third-order valence-corrected chi connectivity index (χ3v) is 3.38. The van der Waals surface area contributed by atoms with E-state index in [4.69, 9.17) is 0 Å². The first-order chi connectivity index (χ1) is 9.83. The highest BCUT2D eigenvalue weighted by Crippen LogP contribution is 2.07. The number of aromatic nitrogens is 3. The number of pyridine rings is 1. The van der Waals surface area contributed by atoms with Crippen molar-refractivity contribution in [3.8, 4) is 5.82 Å². The van der Waals surface area contributed by atoms with Gasteiger partial charge in [0, 0.05) is 18.4 Å². The summed E-state index contributed by atoms with van der Waals surface area (Å²) in [5.74, 6) is 0.527. The Morgan fingerprint density at radius 1 is 1.23 bits per heavy atom. The van der Waals surface area contributed by atoms with Gasteiger partial charge in [0.15, 0.2) is 5.82 Å². The van der Waals surface area contributed by atoms with Crippen LogP contribution in [0.1, 0.15) is 23.3 Å². The van der Waals surface area contributed by atoms with Crippen LogP contribution in [0.15, 0.2) is 36.7 Å². The van der Waals surface area contributed by atoms with Crippen molar-refractivity contribution in [3.63, 3.8) is 0 Å². The Morgan fingerprint density at radius 3 is 2.68 bits per heavy atom.